The Morgan fingerprint density at radius 2 is 2.04 bits per heavy atom. The summed E-state index contributed by atoms with van der Waals surface area (Å²) in [7, 11) is -3.37. The molecule has 1 aromatic rings. The van der Waals surface area contributed by atoms with E-state index in [2.05, 4.69) is 0 Å². The van der Waals surface area contributed by atoms with Crippen LogP contribution in [0, 0.1) is 0 Å². The molecule has 1 fully saturated rings. The van der Waals surface area contributed by atoms with Crippen molar-refractivity contribution in [2.45, 2.75) is 43.5 Å². The number of piperidine rings is 1. The van der Waals surface area contributed by atoms with Gasteiger partial charge in [-0.2, -0.15) is 0 Å². The van der Waals surface area contributed by atoms with Crippen LogP contribution in [0.25, 0.3) is 0 Å². The maximum atomic E-state index is 12.8. The van der Waals surface area contributed by atoms with E-state index in [0.717, 1.165) is 25.5 Å². The number of hydrogen-bond donors (Lipinski definition) is 0. The molecule has 0 saturated carbocycles. The smallest absolute Gasteiger partial charge is 0.307 e. The highest BCUT2D eigenvalue weighted by atomic mass is 32.2. The molecule has 0 N–H and O–H groups in total. The van der Waals surface area contributed by atoms with Crippen LogP contribution in [-0.2, 0) is 19.4 Å². The normalized spacial score (nSPS) is 18.2. The lowest BCUT2D eigenvalue weighted by Crippen LogP contribution is -2.45. The molecule has 0 aliphatic carbocycles. The maximum Gasteiger partial charge on any atom is 0.307 e. The van der Waals surface area contributed by atoms with E-state index in [4.69, 9.17) is 4.74 Å². The molecule has 1 amide bonds. The SMILES string of the molecule is CCOC(=O)CC1CCCCN1C(=O)c1cccc(S(C)(=O)=O)c1. The predicted molar refractivity (Wildman–Crippen MR) is 89.5 cm³/mol. The average molecular weight is 353 g/mol. The summed E-state index contributed by atoms with van der Waals surface area (Å²) >= 11 is 0. The molecule has 7 heteroatoms. The van der Waals surface area contributed by atoms with E-state index in [1.54, 1.807) is 24.0 Å². The number of rotatable bonds is 5. The summed E-state index contributed by atoms with van der Waals surface area (Å²) in [6.07, 6.45) is 3.86. The molecule has 0 bridgehead atoms. The van der Waals surface area contributed by atoms with E-state index < -0.39 is 9.84 Å². The lowest BCUT2D eigenvalue weighted by Gasteiger charge is -2.35. The Hall–Kier alpha value is -1.89. The zero-order valence-corrected chi connectivity index (χ0v) is 14.8. The van der Waals surface area contributed by atoms with Gasteiger partial charge in [0, 0.05) is 24.4 Å². The van der Waals surface area contributed by atoms with Gasteiger partial charge in [0.2, 0.25) is 0 Å². The molecule has 1 aliphatic heterocycles. The molecule has 2 rings (SSSR count). The molecule has 132 valence electrons. The first kappa shape index (κ1) is 18.4. The van der Waals surface area contributed by atoms with Gasteiger partial charge in [-0.1, -0.05) is 6.07 Å². The molecule has 1 saturated heterocycles. The molecule has 1 aromatic carbocycles. The van der Waals surface area contributed by atoms with Gasteiger partial charge < -0.3 is 9.64 Å². The highest BCUT2D eigenvalue weighted by molar-refractivity contribution is 7.90. The van der Waals surface area contributed by atoms with Gasteiger partial charge in [-0.15, -0.1) is 0 Å². The zero-order chi connectivity index (χ0) is 17.7. The van der Waals surface area contributed by atoms with Crippen LogP contribution in [0.2, 0.25) is 0 Å². The van der Waals surface area contributed by atoms with Crippen molar-refractivity contribution >= 4 is 21.7 Å². The summed E-state index contributed by atoms with van der Waals surface area (Å²) in [5.41, 5.74) is 0.327. The van der Waals surface area contributed by atoms with E-state index in [1.807, 2.05) is 0 Å². The number of esters is 1. The van der Waals surface area contributed by atoms with Gasteiger partial charge in [0.1, 0.15) is 0 Å². The van der Waals surface area contributed by atoms with E-state index >= 15 is 0 Å². The minimum atomic E-state index is -3.37. The molecule has 0 aromatic heterocycles. The molecule has 24 heavy (non-hydrogen) atoms. The molecular weight excluding hydrogens is 330 g/mol. The Balaban J connectivity index is 2.21. The Morgan fingerprint density at radius 1 is 1.29 bits per heavy atom. The molecule has 1 heterocycles. The maximum absolute atomic E-state index is 12.8. The van der Waals surface area contributed by atoms with Gasteiger partial charge in [-0.25, -0.2) is 8.42 Å². The van der Waals surface area contributed by atoms with Gasteiger partial charge in [-0.3, -0.25) is 9.59 Å². The summed E-state index contributed by atoms with van der Waals surface area (Å²) in [6.45, 7) is 2.63. The Bertz CT molecular complexity index is 713. The Morgan fingerprint density at radius 3 is 2.71 bits per heavy atom. The van der Waals surface area contributed by atoms with Gasteiger partial charge >= 0.3 is 5.97 Å². The quantitative estimate of drug-likeness (QED) is 0.757. The van der Waals surface area contributed by atoms with Crippen molar-refractivity contribution in [3.8, 4) is 0 Å². The second-order valence-corrected chi connectivity index (χ2v) is 7.97. The van der Waals surface area contributed by atoms with Crippen molar-refractivity contribution in [3.05, 3.63) is 29.8 Å². The average Bonchev–Trinajstić information content (AvgIpc) is 2.54. The zero-order valence-electron chi connectivity index (χ0n) is 14.0. The third kappa shape index (κ3) is 4.56. The summed E-state index contributed by atoms with van der Waals surface area (Å²) in [5, 5.41) is 0. The summed E-state index contributed by atoms with van der Waals surface area (Å²) < 4.78 is 28.3. The van der Waals surface area contributed by atoms with E-state index in [1.165, 1.54) is 12.1 Å². The van der Waals surface area contributed by atoms with Gasteiger partial charge in [0.25, 0.3) is 5.91 Å². The van der Waals surface area contributed by atoms with Crippen molar-refractivity contribution in [2.24, 2.45) is 0 Å². The van der Waals surface area contributed by atoms with Crippen molar-refractivity contribution < 1.29 is 22.7 Å². The van der Waals surface area contributed by atoms with Gasteiger partial charge in [-0.05, 0) is 44.4 Å². The number of carbonyl (C=O) groups excluding carboxylic acids is 2. The third-order valence-electron chi connectivity index (χ3n) is 4.10. The summed E-state index contributed by atoms with van der Waals surface area (Å²) in [4.78, 5) is 26.4. The summed E-state index contributed by atoms with van der Waals surface area (Å²) in [6, 6.07) is 5.83. The van der Waals surface area contributed by atoms with Gasteiger partial charge in [0.05, 0.1) is 17.9 Å². The van der Waals surface area contributed by atoms with Crippen LogP contribution < -0.4 is 0 Å². The van der Waals surface area contributed by atoms with Crippen molar-refractivity contribution in [3.63, 3.8) is 0 Å². The van der Waals surface area contributed by atoms with E-state index in [0.29, 0.717) is 18.7 Å². The number of hydrogen-bond acceptors (Lipinski definition) is 5. The molecule has 0 spiro atoms. The lowest BCUT2D eigenvalue weighted by molar-refractivity contribution is -0.144. The van der Waals surface area contributed by atoms with Crippen LogP contribution in [0.5, 0.6) is 0 Å². The standard InChI is InChI=1S/C17H23NO5S/c1-3-23-16(19)12-14-8-4-5-10-18(14)17(20)13-7-6-9-15(11-13)24(2,21)22/h6-7,9,11,14H,3-5,8,10,12H2,1-2H3. The molecule has 0 radical (unpaired) electrons. The minimum absolute atomic E-state index is 0.118. The van der Waals surface area contributed by atoms with Crippen LogP contribution >= 0.6 is 0 Å². The van der Waals surface area contributed by atoms with Crippen LogP contribution in [0.15, 0.2) is 29.2 Å². The first-order valence-electron chi connectivity index (χ1n) is 8.09. The number of benzene rings is 1. The number of amides is 1. The van der Waals surface area contributed by atoms with Crippen LogP contribution in [-0.4, -0.2) is 50.6 Å². The first-order valence-corrected chi connectivity index (χ1v) is 9.98. The fourth-order valence-electron chi connectivity index (χ4n) is 2.92. The highest BCUT2D eigenvalue weighted by Crippen LogP contribution is 2.23. The fraction of sp³-hybridized carbons (Fsp3) is 0.529. The molecular formula is C17H23NO5S. The molecule has 1 atom stereocenters. The Kier molecular flexibility index (Phi) is 5.99. The van der Waals surface area contributed by atoms with Crippen LogP contribution in [0.1, 0.15) is 43.0 Å². The molecule has 6 nitrogen and oxygen atoms in total. The molecule has 1 unspecified atom stereocenters. The third-order valence-corrected chi connectivity index (χ3v) is 5.21. The van der Waals surface area contributed by atoms with Crippen LogP contribution in [0.3, 0.4) is 0 Å². The number of carbonyl (C=O) groups is 2. The van der Waals surface area contributed by atoms with Crippen LogP contribution in [0.4, 0.5) is 0 Å². The lowest BCUT2D eigenvalue weighted by atomic mass is 9.98. The van der Waals surface area contributed by atoms with E-state index in [-0.39, 0.29) is 29.2 Å². The highest BCUT2D eigenvalue weighted by Gasteiger charge is 2.30. The topological polar surface area (TPSA) is 80.8 Å². The monoisotopic (exact) mass is 353 g/mol. The second kappa shape index (κ2) is 7.79. The molecule has 1 aliphatic rings. The number of sulfone groups is 1. The summed E-state index contributed by atoms with van der Waals surface area (Å²) in [5.74, 6) is -0.554. The largest absolute Gasteiger partial charge is 0.466 e. The first-order chi connectivity index (χ1) is 11.3. The van der Waals surface area contributed by atoms with Crippen molar-refractivity contribution in [1.82, 2.24) is 4.90 Å². The van der Waals surface area contributed by atoms with E-state index in [9.17, 15) is 18.0 Å². The van der Waals surface area contributed by atoms with Crippen molar-refractivity contribution in [2.75, 3.05) is 19.4 Å². The van der Waals surface area contributed by atoms with Crippen molar-refractivity contribution in [1.29, 1.82) is 0 Å². The number of ether oxygens (including phenoxy) is 1. The number of likely N-dealkylation sites (tertiary alicyclic amines) is 1. The number of nitrogens with zero attached hydrogens (tertiary/aromatic N) is 1. The fourth-order valence-corrected chi connectivity index (χ4v) is 3.58. The van der Waals surface area contributed by atoms with Gasteiger partial charge in [0.15, 0.2) is 9.84 Å². The second-order valence-electron chi connectivity index (χ2n) is 5.96. The predicted octanol–water partition coefficient (Wildman–Crippen LogP) is 2.04. The minimum Gasteiger partial charge on any atom is -0.466 e. The Labute approximate surface area is 142 Å².